The van der Waals surface area contributed by atoms with Crippen molar-refractivity contribution in [2.75, 3.05) is 0 Å². The molecule has 0 aliphatic heterocycles. The zero-order chi connectivity index (χ0) is 18.1. The van der Waals surface area contributed by atoms with Gasteiger partial charge in [0, 0.05) is 11.1 Å². The van der Waals surface area contributed by atoms with Crippen molar-refractivity contribution >= 4 is 27.3 Å². The van der Waals surface area contributed by atoms with E-state index in [1.165, 1.54) is 22.2 Å². The minimum absolute atomic E-state index is 0.0209. The number of Topliss-reactive ketones (excluding diaryl/α,β-unsaturated/α-hetero) is 1. The molecule has 2 aromatic heterocycles. The molecule has 0 radical (unpaired) electrons. The molecule has 1 atom stereocenters. The molecule has 25 heavy (non-hydrogen) atoms. The summed E-state index contributed by atoms with van der Waals surface area (Å²) in [6.45, 7) is 7.46. The average Bonchev–Trinajstić information content (AvgIpc) is 2.91. The van der Waals surface area contributed by atoms with Crippen LogP contribution >= 0.6 is 11.3 Å². The lowest BCUT2D eigenvalue weighted by Crippen LogP contribution is -2.28. The quantitative estimate of drug-likeness (QED) is 0.648. The second-order valence-corrected chi connectivity index (χ2v) is 7.19. The van der Waals surface area contributed by atoms with E-state index >= 15 is 0 Å². The van der Waals surface area contributed by atoms with E-state index in [9.17, 15) is 9.59 Å². The van der Waals surface area contributed by atoms with Crippen LogP contribution in [0.25, 0.3) is 10.2 Å². The third-order valence-corrected chi connectivity index (χ3v) is 5.12. The molecule has 6 heteroatoms. The molecular weight excluding hydrogens is 336 g/mol. The first kappa shape index (κ1) is 17.4. The van der Waals surface area contributed by atoms with Gasteiger partial charge in [0.15, 0.2) is 10.8 Å². The van der Waals surface area contributed by atoms with Crippen molar-refractivity contribution in [2.24, 2.45) is 0 Å². The van der Waals surface area contributed by atoms with Crippen LogP contribution in [0.15, 0.2) is 41.5 Å². The maximum atomic E-state index is 12.9. The average molecular weight is 356 g/mol. The molecule has 0 aliphatic rings. The van der Waals surface area contributed by atoms with Gasteiger partial charge in [-0.25, -0.2) is 4.98 Å². The van der Waals surface area contributed by atoms with Crippen LogP contribution in [0.5, 0.6) is 5.06 Å². The maximum Gasteiger partial charge on any atom is 0.263 e. The Morgan fingerprint density at radius 2 is 1.88 bits per heavy atom. The van der Waals surface area contributed by atoms with E-state index in [1.807, 2.05) is 39.0 Å². The number of benzene rings is 1. The van der Waals surface area contributed by atoms with Crippen molar-refractivity contribution in [3.63, 3.8) is 0 Å². The van der Waals surface area contributed by atoms with E-state index in [-0.39, 0.29) is 17.4 Å². The highest BCUT2D eigenvalue weighted by Gasteiger charge is 2.22. The van der Waals surface area contributed by atoms with Gasteiger partial charge in [-0.3, -0.25) is 14.2 Å². The molecule has 0 unspecified atom stereocenters. The molecule has 0 saturated heterocycles. The Kier molecular flexibility index (Phi) is 4.72. The second-order valence-electron chi connectivity index (χ2n) is 6.22. The van der Waals surface area contributed by atoms with Crippen LogP contribution in [-0.4, -0.2) is 21.4 Å². The van der Waals surface area contributed by atoms with Gasteiger partial charge in [-0.15, -0.1) is 0 Å². The molecular formula is C19H20N2O3S. The highest BCUT2D eigenvalue weighted by Crippen LogP contribution is 2.34. The zero-order valence-electron chi connectivity index (χ0n) is 14.6. The summed E-state index contributed by atoms with van der Waals surface area (Å²) in [7, 11) is 0. The lowest BCUT2D eigenvalue weighted by Gasteiger charge is -2.13. The normalized spacial score (nSPS) is 12.5. The summed E-state index contributed by atoms with van der Waals surface area (Å²) < 4.78 is 7.16. The van der Waals surface area contributed by atoms with Crippen LogP contribution in [0.1, 0.15) is 42.7 Å². The van der Waals surface area contributed by atoms with Gasteiger partial charge in [-0.1, -0.05) is 41.7 Å². The monoisotopic (exact) mass is 356 g/mol. The predicted octanol–water partition coefficient (Wildman–Crippen LogP) is 4.00. The van der Waals surface area contributed by atoms with Gasteiger partial charge < -0.3 is 4.74 Å². The van der Waals surface area contributed by atoms with Gasteiger partial charge >= 0.3 is 0 Å². The number of ketones is 1. The van der Waals surface area contributed by atoms with Crippen molar-refractivity contribution in [2.45, 2.75) is 39.8 Å². The summed E-state index contributed by atoms with van der Waals surface area (Å²) in [5, 5.41) is 1.23. The minimum Gasteiger partial charge on any atom is -0.481 e. The molecule has 0 fully saturated rings. The van der Waals surface area contributed by atoms with Crippen LogP contribution in [0.4, 0.5) is 0 Å². The first-order valence-corrected chi connectivity index (χ1v) is 8.98. The zero-order valence-corrected chi connectivity index (χ0v) is 15.5. The molecule has 1 aromatic carbocycles. The number of carbonyl (C=O) groups excluding carboxylic acids is 1. The van der Waals surface area contributed by atoms with Crippen molar-refractivity contribution in [3.8, 4) is 5.06 Å². The predicted molar refractivity (Wildman–Crippen MR) is 99.9 cm³/mol. The third-order valence-electron chi connectivity index (χ3n) is 4.03. The molecule has 3 rings (SSSR count). The number of aromatic nitrogens is 2. The van der Waals surface area contributed by atoms with Gasteiger partial charge in [-0.2, -0.15) is 0 Å². The number of aryl methyl sites for hydroxylation is 1. The first-order valence-electron chi connectivity index (χ1n) is 8.16. The number of ether oxygens (including phenoxy) is 1. The Hall–Kier alpha value is -2.47. The van der Waals surface area contributed by atoms with Gasteiger partial charge in [0.1, 0.15) is 4.83 Å². The number of thiophene rings is 1. The van der Waals surface area contributed by atoms with E-state index in [0.717, 1.165) is 5.56 Å². The fraction of sp³-hybridized carbons (Fsp3) is 0.316. The molecule has 0 N–H and O–H groups in total. The summed E-state index contributed by atoms with van der Waals surface area (Å²) in [6, 6.07) is 8.35. The summed E-state index contributed by atoms with van der Waals surface area (Å²) in [6.07, 6.45) is 1.47. The highest BCUT2D eigenvalue weighted by atomic mass is 32.1. The SMILES string of the molecule is Cc1c(OC(C)C)sc2ncn([C@H](C)C(=O)c3ccccc3)c(=O)c12. The molecule has 3 aromatic rings. The second kappa shape index (κ2) is 6.80. The van der Waals surface area contributed by atoms with Gasteiger partial charge in [0.05, 0.1) is 23.9 Å². The number of fused-ring (bicyclic) bond motifs is 1. The smallest absolute Gasteiger partial charge is 0.263 e. The molecule has 0 bridgehead atoms. The summed E-state index contributed by atoms with van der Waals surface area (Å²) in [4.78, 5) is 30.6. The Bertz CT molecular complexity index is 973. The van der Waals surface area contributed by atoms with Gasteiger partial charge in [0.2, 0.25) is 0 Å². The Morgan fingerprint density at radius 1 is 1.20 bits per heavy atom. The molecule has 0 saturated carbocycles. The molecule has 5 nitrogen and oxygen atoms in total. The van der Waals surface area contributed by atoms with E-state index in [4.69, 9.17) is 4.74 Å². The molecule has 0 spiro atoms. The van der Waals surface area contributed by atoms with E-state index in [1.54, 1.807) is 19.1 Å². The van der Waals surface area contributed by atoms with Crippen molar-refractivity contribution in [1.82, 2.24) is 9.55 Å². The Balaban J connectivity index is 2.06. The van der Waals surface area contributed by atoms with Gasteiger partial charge in [0.25, 0.3) is 5.56 Å². The lowest BCUT2D eigenvalue weighted by molar-refractivity contribution is 0.0932. The van der Waals surface area contributed by atoms with E-state index in [0.29, 0.717) is 20.8 Å². The standard InChI is InChI=1S/C19H20N2O3S/c1-11(2)24-19-12(3)15-17(25-19)20-10-21(18(15)23)13(4)16(22)14-8-6-5-7-9-14/h5-11,13H,1-4H3/t13-/m1/s1. The largest absolute Gasteiger partial charge is 0.481 e. The molecule has 2 heterocycles. The number of nitrogens with zero attached hydrogens (tertiary/aromatic N) is 2. The summed E-state index contributed by atoms with van der Waals surface area (Å²) in [5.41, 5.74) is 1.14. The van der Waals surface area contributed by atoms with E-state index in [2.05, 4.69) is 4.98 Å². The summed E-state index contributed by atoms with van der Waals surface area (Å²) >= 11 is 1.36. The minimum atomic E-state index is -0.624. The lowest BCUT2D eigenvalue weighted by atomic mass is 10.1. The van der Waals surface area contributed by atoms with E-state index < -0.39 is 6.04 Å². The Labute approximate surface area is 149 Å². The fourth-order valence-corrected chi connectivity index (χ4v) is 3.80. The van der Waals surface area contributed by atoms with Crippen LogP contribution < -0.4 is 10.3 Å². The number of hydrogen-bond acceptors (Lipinski definition) is 5. The fourth-order valence-electron chi connectivity index (χ4n) is 2.69. The molecule has 0 aliphatic carbocycles. The van der Waals surface area contributed by atoms with Crippen LogP contribution in [0, 0.1) is 6.92 Å². The Morgan fingerprint density at radius 3 is 2.52 bits per heavy atom. The van der Waals surface area contributed by atoms with Crippen molar-refractivity contribution in [3.05, 3.63) is 58.1 Å². The maximum absolute atomic E-state index is 12.9. The number of rotatable bonds is 5. The molecule has 130 valence electrons. The van der Waals surface area contributed by atoms with Crippen LogP contribution in [-0.2, 0) is 0 Å². The van der Waals surface area contributed by atoms with Crippen LogP contribution in [0.2, 0.25) is 0 Å². The van der Waals surface area contributed by atoms with Crippen LogP contribution in [0.3, 0.4) is 0 Å². The van der Waals surface area contributed by atoms with Gasteiger partial charge in [-0.05, 0) is 27.7 Å². The summed E-state index contributed by atoms with van der Waals surface area (Å²) in [5.74, 6) is -0.115. The highest BCUT2D eigenvalue weighted by molar-refractivity contribution is 7.20. The number of hydrogen-bond donors (Lipinski definition) is 0. The topological polar surface area (TPSA) is 61.2 Å². The van der Waals surface area contributed by atoms with Crippen molar-refractivity contribution < 1.29 is 9.53 Å². The van der Waals surface area contributed by atoms with Crippen molar-refractivity contribution in [1.29, 1.82) is 0 Å². The number of carbonyl (C=O) groups is 1. The molecule has 0 amide bonds. The third kappa shape index (κ3) is 3.22. The first-order chi connectivity index (χ1) is 11.9.